The summed E-state index contributed by atoms with van der Waals surface area (Å²) in [5.41, 5.74) is 11.7. The quantitative estimate of drug-likeness (QED) is 0.166. The van der Waals surface area contributed by atoms with Crippen LogP contribution < -0.4 is 0 Å². The van der Waals surface area contributed by atoms with E-state index in [0.29, 0.717) is 17.5 Å². The van der Waals surface area contributed by atoms with Crippen LogP contribution in [0.3, 0.4) is 0 Å². The molecule has 7 nitrogen and oxygen atoms in total. The number of benzene rings is 8. The number of nitrogens with zero attached hydrogens (tertiary/aromatic N) is 5. The molecule has 0 aliphatic rings. The van der Waals surface area contributed by atoms with Crippen molar-refractivity contribution in [2.45, 2.75) is 0 Å². The van der Waals surface area contributed by atoms with Gasteiger partial charge in [-0.1, -0.05) is 133 Å². The van der Waals surface area contributed by atoms with E-state index in [9.17, 15) is 0 Å². The van der Waals surface area contributed by atoms with Crippen molar-refractivity contribution in [1.29, 1.82) is 0 Å². The summed E-state index contributed by atoms with van der Waals surface area (Å²) in [6, 6.07) is 58.4. The standard InChI is InChI=1S/C53H31N5O2/c1-2-10-35-25-36(24-21-32(35)9-1)52-56-51(34-22-19-33(20-23-34)40-29-54-31-55-30-40)57-53(58-52)39-27-37(41-13-7-15-45-43-11-3-5-17-47(43)59-49(41)45)26-38(28-39)42-14-8-16-46-44-12-4-6-18-48(44)60-50(42)46/h1-31H. The van der Waals surface area contributed by atoms with Gasteiger partial charge in [-0.15, -0.1) is 0 Å². The first-order chi connectivity index (χ1) is 29.7. The maximum absolute atomic E-state index is 6.60. The molecule has 0 aliphatic carbocycles. The largest absolute Gasteiger partial charge is 0.455 e. The van der Waals surface area contributed by atoms with E-state index in [4.69, 9.17) is 23.8 Å². The number of aromatic nitrogens is 5. The molecule has 4 heterocycles. The van der Waals surface area contributed by atoms with Crippen LogP contribution in [0.15, 0.2) is 197 Å². The topological polar surface area (TPSA) is 90.7 Å². The van der Waals surface area contributed by atoms with Gasteiger partial charge in [0.2, 0.25) is 0 Å². The first-order valence-corrected chi connectivity index (χ1v) is 19.8. The number of para-hydroxylation sites is 4. The molecule has 0 atom stereocenters. The van der Waals surface area contributed by atoms with E-state index in [1.807, 2.05) is 79.1 Å². The van der Waals surface area contributed by atoms with Crippen LogP contribution in [-0.2, 0) is 0 Å². The highest BCUT2D eigenvalue weighted by Crippen LogP contribution is 2.42. The van der Waals surface area contributed by atoms with Crippen molar-refractivity contribution < 1.29 is 8.83 Å². The van der Waals surface area contributed by atoms with Crippen molar-refractivity contribution in [3.05, 3.63) is 189 Å². The molecule has 0 radical (unpaired) electrons. The molecule has 0 amide bonds. The minimum absolute atomic E-state index is 0.542. The smallest absolute Gasteiger partial charge is 0.164 e. The van der Waals surface area contributed by atoms with Gasteiger partial charge in [-0.2, -0.15) is 0 Å². The molecule has 12 aromatic rings. The molecule has 7 heteroatoms. The van der Waals surface area contributed by atoms with Crippen LogP contribution in [-0.4, -0.2) is 24.9 Å². The Morgan fingerprint density at radius 1 is 0.317 bits per heavy atom. The molecule has 12 rings (SSSR count). The molecular weight excluding hydrogens is 739 g/mol. The normalized spacial score (nSPS) is 11.7. The zero-order valence-electron chi connectivity index (χ0n) is 32.0. The maximum Gasteiger partial charge on any atom is 0.164 e. The molecule has 0 bridgehead atoms. The molecule has 0 unspecified atom stereocenters. The Hall–Kier alpha value is -8.29. The monoisotopic (exact) mass is 769 g/mol. The van der Waals surface area contributed by atoms with Gasteiger partial charge in [0.25, 0.3) is 0 Å². The molecule has 0 aliphatic heterocycles. The second-order valence-electron chi connectivity index (χ2n) is 14.9. The van der Waals surface area contributed by atoms with Crippen LogP contribution in [0.4, 0.5) is 0 Å². The lowest BCUT2D eigenvalue weighted by atomic mass is 9.94. The molecule has 0 spiro atoms. The molecule has 8 aromatic carbocycles. The van der Waals surface area contributed by atoms with Crippen molar-refractivity contribution in [2.75, 3.05) is 0 Å². The van der Waals surface area contributed by atoms with E-state index in [-0.39, 0.29) is 0 Å². The van der Waals surface area contributed by atoms with Crippen LogP contribution in [0, 0.1) is 0 Å². The molecule has 0 saturated heterocycles. The lowest BCUT2D eigenvalue weighted by Gasteiger charge is -2.13. The Morgan fingerprint density at radius 2 is 0.800 bits per heavy atom. The molecule has 60 heavy (non-hydrogen) atoms. The Kier molecular flexibility index (Phi) is 7.71. The number of hydrogen-bond donors (Lipinski definition) is 0. The average Bonchev–Trinajstić information content (AvgIpc) is 3.90. The molecule has 0 N–H and O–H groups in total. The average molecular weight is 770 g/mol. The van der Waals surface area contributed by atoms with Crippen LogP contribution in [0.25, 0.3) is 122 Å². The summed E-state index contributed by atoms with van der Waals surface area (Å²) in [6.07, 6.45) is 5.15. The summed E-state index contributed by atoms with van der Waals surface area (Å²) in [5.74, 6) is 1.68. The van der Waals surface area contributed by atoms with Crippen LogP contribution in [0.2, 0.25) is 0 Å². The molecule has 280 valence electrons. The zero-order valence-corrected chi connectivity index (χ0v) is 32.0. The Labute approximate surface area is 343 Å². The summed E-state index contributed by atoms with van der Waals surface area (Å²) in [7, 11) is 0. The van der Waals surface area contributed by atoms with Crippen molar-refractivity contribution in [3.63, 3.8) is 0 Å². The van der Waals surface area contributed by atoms with Gasteiger partial charge in [0.05, 0.1) is 0 Å². The van der Waals surface area contributed by atoms with Crippen molar-refractivity contribution in [2.24, 2.45) is 0 Å². The molecule has 4 aromatic heterocycles. The van der Waals surface area contributed by atoms with Crippen LogP contribution in [0.5, 0.6) is 0 Å². The zero-order chi connectivity index (χ0) is 39.6. The fourth-order valence-electron chi connectivity index (χ4n) is 8.37. The molecule has 0 saturated carbocycles. The fraction of sp³-hybridized carbons (Fsp3) is 0. The summed E-state index contributed by atoms with van der Waals surface area (Å²) in [6.45, 7) is 0. The van der Waals surface area contributed by atoms with Gasteiger partial charge in [-0.05, 0) is 63.9 Å². The highest BCUT2D eigenvalue weighted by molar-refractivity contribution is 6.11. The Bertz CT molecular complexity index is 3480. The summed E-state index contributed by atoms with van der Waals surface area (Å²) in [4.78, 5) is 24.0. The van der Waals surface area contributed by atoms with Gasteiger partial charge in [-0.3, -0.25) is 0 Å². The number of fused-ring (bicyclic) bond motifs is 7. The van der Waals surface area contributed by atoms with Gasteiger partial charge < -0.3 is 8.83 Å². The predicted molar refractivity (Wildman–Crippen MR) is 240 cm³/mol. The number of furan rings is 2. The predicted octanol–water partition coefficient (Wildman–Crippen LogP) is 13.6. The van der Waals surface area contributed by atoms with E-state index >= 15 is 0 Å². The van der Waals surface area contributed by atoms with Crippen molar-refractivity contribution in [1.82, 2.24) is 24.9 Å². The van der Waals surface area contributed by atoms with E-state index < -0.39 is 0 Å². The van der Waals surface area contributed by atoms with Gasteiger partial charge in [0.15, 0.2) is 17.5 Å². The van der Waals surface area contributed by atoms with E-state index in [2.05, 4.69) is 113 Å². The van der Waals surface area contributed by atoms with E-state index in [1.54, 1.807) is 0 Å². The number of rotatable bonds is 6. The number of hydrogen-bond acceptors (Lipinski definition) is 7. The third kappa shape index (κ3) is 5.71. The summed E-state index contributed by atoms with van der Waals surface area (Å²) >= 11 is 0. The van der Waals surface area contributed by atoms with Crippen LogP contribution in [0.1, 0.15) is 0 Å². The maximum atomic E-state index is 6.60. The molecule has 0 fully saturated rings. The highest BCUT2D eigenvalue weighted by atomic mass is 16.3. The van der Waals surface area contributed by atoms with Crippen molar-refractivity contribution >= 4 is 54.6 Å². The van der Waals surface area contributed by atoms with Crippen LogP contribution >= 0.6 is 0 Å². The van der Waals surface area contributed by atoms with Gasteiger partial charge in [-0.25, -0.2) is 24.9 Å². The minimum atomic E-state index is 0.542. The highest BCUT2D eigenvalue weighted by Gasteiger charge is 2.20. The van der Waals surface area contributed by atoms with Gasteiger partial charge in [0, 0.05) is 67.3 Å². The second-order valence-corrected chi connectivity index (χ2v) is 14.9. The Morgan fingerprint density at radius 3 is 1.43 bits per heavy atom. The van der Waals surface area contributed by atoms with Gasteiger partial charge >= 0.3 is 0 Å². The third-order valence-corrected chi connectivity index (χ3v) is 11.3. The summed E-state index contributed by atoms with van der Waals surface area (Å²) in [5, 5.41) is 6.52. The molecular formula is C53H31N5O2. The van der Waals surface area contributed by atoms with Crippen molar-refractivity contribution in [3.8, 4) is 67.5 Å². The second kappa shape index (κ2) is 13.7. The first-order valence-electron chi connectivity index (χ1n) is 19.8. The lowest BCUT2D eigenvalue weighted by Crippen LogP contribution is -2.01. The summed E-state index contributed by atoms with van der Waals surface area (Å²) < 4.78 is 13.2. The third-order valence-electron chi connectivity index (χ3n) is 11.3. The fourth-order valence-corrected chi connectivity index (χ4v) is 8.37. The van der Waals surface area contributed by atoms with E-state index in [0.717, 1.165) is 105 Å². The van der Waals surface area contributed by atoms with E-state index in [1.165, 1.54) is 6.33 Å². The SMILES string of the molecule is c1ccc2cc(-c3nc(-c4ccc(-c5cncnc5)cc4)nc(-c4cc(-c5cccc6c5oc5ccccc56)cc(-c5cccc6c5oc5ccccc56)c4)n3)ccc2c1. The lowest BCUT2D eigenvalue weighted by molar-refractivity contribution is 0.670. The minimum Gasteiger partial charge on any atom is -0.455 e. The van der Waals surface area contributed by atoms with Gasteiger partial charge in [0.1, 0.15) is 28.7 Å². The Balaban J connectivity index is 1.10. The first kappa shape index (κ1) is 33.8.